The lowest BCUT2D eigenvalue weighted by atomic mass is 10.1. The van der Waals surface area contributed by atoms with Gasteiger partial charge in [0.2, 0.25) is 11.8 Å². The van der Waals surface area contributed by atoms with Crippen LogP contribution in [0.15, 0.2) is 24.3 Å². The zero-order valence-corrected chi connectivity index (χ0v) is 15.4. The lowest BCUT2D eigenvalue weighted by molar-refractivity contribution is -0.139. The molecule has 1 aliphatic heterocycles. The maximum Gasteiger partial charge on any atom is 0.223 e. The number of ketones is 1. The predicted octanol–water partition coefficient (Wildman–Crippen LogP) is 1.41. The van der Waals surface area contributed by atoms with Gasteiger partial charge >= 0.3 is 0 Å². The first-order valence-corrected chi connectivity index (χ1v) is 8.86. The van der Waals surface area contributed by atoms with Crippen LogP contribution in [0.2, 0.25) is 0 Å². The molecule has 1 aromatic carbocycles. The Balaban J connectivity index is 1.75. The number of hydrogen-bond donors (Lipinski definition) is 0. The van der Waals surface area contributed by atoms with Crippen molar-refractivity contribution in [1.29, 1.82) is 0 Å². The summed E-state index contributed by atoms with van der Waals surface area (Å²) in [6.07, 6.45) is 0.515. The standard InChI is InChI=1S/C19H26FN3O3/c1-21(2)10-9-19(26)23-13-11-22(12-14-23)18(25)8-7-17(24)15-5-3-4-6-16(15)20/h3-6H,7-14H2,1-2H3. The van der Waals surface area contributed by atoms with Crippen LogP contribution in [0.5, 0.6) is 0 Å². The number of carbonyl (C=O) groups is 3. The first-order valence-electron chi connectivity index (χ1n) is 8.86. The lowest BCUT2D eigenvalue weighted by Crippen LogP contribution is -2.50. The van der Waals surface area contributed by atoms with Crippen LogP contribution in [0, 0.1) is 5.82 Å². The van der Waals surface area contributed by atoms with E-state index in [0.29, 0.717) is 39.1 Å². The fourth-order valence-electron chi connectivity index (χ4n) is 2.88. The van der Waals surface area contributed by atoms with Crippen molar-refractivity contribution in [2.24, 2.45) is 0 Å². The number of carbonyl (C=O) groups excluding carboxylic acids is 3. The molecular weight excluding hydrogens is 337 g/mol. The zero-order valence-electron chi connectivity index (χ0n) is 15.4. The van der Waals surface area contributed by atoms with Gasteiger partial charge in [-0.05, 0) is 26.2 Å². The van der Waals surface area contributed by atoms with Gasteiger partial charge in [0.05, 0.1) is 5.56 Å². The van der Waals surface area contributed by atoms with Gasteiger partial charge in [0.15, 0.2) is 5.78 Å². The molecule has 6 nitrogen and oxygen atoms in total. The average molecular weight is 363 g/mol. The molecule has 7 heteroatoms. The molecule has 0 aliphatic carbocycles. The highest BCUT2D eigenvalue weighted by molar-refractivity contribution is 5.98. The Labute approximate surface area is 153 Å². The minimum atomic E-state index is -0.560. The van der Waals surface area contributed by atoms with Crippen LogP contribution in [0.3, 0.4) is 0 Å². The summed E-state index contributed by atoms with van der Waals surface area (Å²) in [5.41, 5.74) is 0.0246. The first kappa shape index (κ1) is 20.0. The minimum Gasteiger partial charge on any atom is -0.339 e. The van der Waals surface area contributed by atoms with Crippen molar-refractivity contribution in [3.8, 4) is 0 Å². The van der Waals surface area contributed by atoms with E-state index in [-0.39, 0.29) is 36.0 Å². The molecule has 0 atom stereocenters. The highest BCUT2D eigenvalue weighted by Gasteiger charge is 2.24. The number of Topliss-reactive ketones (excluding diaryl/α,β-unsaturated/α-hetero) is 1. The summed E-state index contributed by atoms with van der Waals surface area (Å²) in [7, 11) is 3.85. The van der Waals surface area contributed by atoms with Gasteiger partial charge in [-0.3, -0.25) is 14.4 Å². The summed E-state index contributed by atoms with van der Waals surface area (Å²) >= 11 is 0. The molecule has 0 N–H and O–H groups in total. The molecule has 1 heterocycles. The van der Waals surface area contributed by atoms with Crippen LogP contribution >= 0.6 is 0 Å². The molecule has 2 rings (SSSR count). The molecule has 0 spiro atoms. The number of piperazine rings is 1. The third-order valence-corrected chi connectivity index (χ3v) is 4.50. The van der Waals surface area contributed by atoms with Crippen LogP contribution in [-0.2, 0) is 9.59 Å². The smallest absolute Gasteiger partial charge is 0.223 e. The first-order chi connectivity index (χ1) is 12.4. The Kier molecular flexibility index (Phi) is 7.26. The Morgan fingerprint density at radius 3 is 2.00 bits per heavy atom. The van der Waals surface area contributed by atoms with Gasteiger partial charge in [0.25, 0.3) is 0 Å². The second-order valence-electron chi connectivity index (χ2n) is 6.72. The van der Waals surface area contributed by atoms with Gasteiger partial charge in [-0.1, -0.05) is 12.1 Å². The fraction of sp³-hybridized carbons (Fsp3) is 0.526. The van der Waals surface area contributed by atoms with Crippen molar-refractivity contribution in [2.45, 2.75) is 19.3 Å². The third-order valence-electron chi connectivity index (χ3n) is 4.50. The van der Waals surface area contributed by atoms with E-state index in [9.17, 15) is 18.8 Å². The summed E-state index contributed by atoms with van der Waals surface area (Å²) in [5.74, 6) is -0.959. The number of rotatable bonds is 7. The Morgan fingerprint density at radius 2 is 1.46 bits per heavy atom. The number of nitrogens with zero attached hydrogens (tertiary/aromatic N) is 3. The molecule has 1 aromatic rings. The van der Waals surface area contributed by atoms with Crippen LogP contribution in [-0.4, -0.2) is 79.1 Å². The summed E-state index contributed by atoms with van der Waals surface area (Å²) in [4.78, 5) is 41.8. The second-order valence-corrected chi connectivity index (χ2v) is 6.72. The second kappa shape index (κ2) is 9.43. The Hall–Kier alpha value is -2.28. The zero-order chi connectivity index (χ0) is 19.1. The van der Waals surface area contributed by atoms with Crippen molar-refractivity contribution in [1.82, 2.24) is 14.7 Å². The summed E-state index contributed by atoms with van der Waals surface area (Å²) in [6.45, 7) is 2.68. The van der Waals surface area contributed by atoms with Gasteiger partial charge in [0.1, 0.15) is 5.82 Å². The summed E-state index contributed by atoms with van der Waals surface area (Å²) in [6, 6.07) is 5.79. The van der Waals surface area contributed by atoms with Crippen molar-refractivity contribution in [3.63, 3.8) is 0 Å². The van der Waals surface area contributed by atoms with E-state index >= 15 is 0 Å². The molecule has 1 fully saturated rings. The third kappa shape index (κ3) is 5.62. The Bertz CT molecular complexity index is 655. The number of hydrogen-bond acceptors (Lipinski definition) is 4. The topological polar surface area (TPSA) is 60.9 Å². The maximum atomic E-state index is 13.6. The summed E-state index contributed by atoms with van der Waals surface area (Å²) < 4.78 is 13.6. The number of halogens is 1. The molecule has 26 heavy (non-hydrogen) atoms. The largest absolute Gasteiger partial charge is 0.339 e. The Morgan fingerprint density at radius 1 is 0.923 bits per heavy atom. The highest BCUT2D eigenvalue weighted by Crippen LogP contribution is 2.12. The van der Waals surface area contributed by atoms with Gasteiger partial charge in [-0.2, -0.15) is 0 Å². The molecule has 142 valence electrons. The minimum absolute atomic E-state index is 0.0122. The molecule has 2 amide bonds. The molecule has 1 aliphatic rings. The molecule has 0 saturated carbocycles. The SMILES string of the molecule is CN(C)CCC(=O)N1CCN(C(=O)CCC(=O)c2ccccc2F)CC1. The van der Waals surface area contributed by atoms with Crippen LogP contribution < -0.4 is 0 Å². The van der Waals surface area contributed by atoms with Gasteiger partial charge in [0, 0.05) is 52.0 Å². The van der Waals surface area contributed by atoms with E-state index in [4.69, 9.17) is 0 Å². The molecule has 0 aromatic heterocycles. The highest BCUT2D eigenvalue weighted by atomic mass is 19.1. The average Bonchev–Trinajstić information content (AvgIpc) is 2.64. The molecule has 0 bridgehead atoms. The van der Waals surface area contributed by atoms with Crippen LogP contribution in [0.25, 0.3) is 0 Å². The molecule has 0 unspecified atom stereocenters. The van der Waals surface area contributed by atoms with E-state index in [1.54, 1.807) is 15.9 Å². The number of benzene rings is 1. The number of amides is 2. The monoisotopic (exact) mass is 363 g/mol. The van der Waals surface area contributed by atoms with Crippen LogP contribution in [0.4, 0.5) is 4.39 Å². The molecular formula is C19H26FN3O3. The predicted molar refractivity (Wildman–Crippen MR) is 96.3 cm³/mol. The summed E-state index contributed by atoms with van der Waals surface area (Å²) in [5, 5.41) is 0. The van der Waals surface area contributed by atoms with Gasteiger partial charge in [-0.15, -0.1) is 0 Å². The molecule has 0 radical (unpaired) electrons. The van der Waals surface area contributed by atoms with Crippen molar-refractivity contribution in [3.05, 3.63) is 35.6 Å². The lowest BCUT2D eigenvalue weighted by Gasteiger charge is -2.35. The van der Waals surface area contributed by atoms with E-state index in [2.05, 4.69) is 0 Å². The van der Waals surface area contributed by atoms with E-state index in [0.717, 1.165) is 0 Å². The van der Waals surface area contributed by atoms with Crippen molar-refractivity contribution < 1.29 is 18.8 Å². The van der Waals surface area contributed by atoms with Crippen LogP contribution in [0.1, 0.15) is 29.6 Å². The fourth-order valence-corrected chi connectivity index (χ4v) is 2.88. The normalized spacial score (nSPS) is 14.6. The van der Waals surface area contributed by atoms with Gasteiger partial charge in [-0.25, -0.2) is 4.39 Å². The maximum absolute atomic E-state index is 13.6. The van der Waals surface area contributed by atoms with Crippen molar-refractivity contribution >= 4 is 17.6 Å². The van der Waals surface area contributed by atoms with Gasteiger partial charge < -0.3 is 14.7 Å². The molecule has 1 saturated heterocycles. The van der Waals surface area contributed by atoms with E-state index in [1.807, 2.05) is 19.0 Å². The van der Waals surface area contributed by atoms with E-state index in [1.165, 1.54) is 18.2 Å². The quantitative estimate of drug-likeness (QED) is 0.688. The van der Waals surface area contributed by atoms with E-state index < -0.39 is 5.82 Å². The van der Waals surface area contributed by atoms with Crippen molar-refractivity contribution in [2.75, 3.05) is 46.8 Å².